The van der Waals surface area contributed by atoms with Crippen LogP contribution in [0.5, 0.6) is 0 Å². The Hall–Kier alpha value is -1.82. The topological polar surface area (TPSA) is 47.9 Å². The van der Waals surface area contributed by atoms with Gasteiger partial charge in [0.05, 0.1) is 0 Å². The third kappa shape index (κ3) is 5.09. The summed E-state index contributed by atoms with van der Waals surface area (Å²) < 4.78 is 0. The van der Waals surface area contributed by atoms with Crippen LogP contribution in [0, 0.1) is 0 Å². The van der Waals surface area contributed by atoms with Gasteiger partial charge in [0.1, 0.15) is 6.54 Å². The van der Waals surface area contributed by atoms with Crippen LogP contribution in [0.15, 0.2) is 29.1 Å². The molecule has 6 heteroatoms. The van der Waals surface area contributed by atoms with Crippen molar-refractivity contribution in [2.75, 3.05) is 33.2 Å². The van der Waals surface area contributed by atoms with E-state index in [1.807, 2.05) is 24.9 Å². The van der Waals surface area contributed by atoms with Gasteiger partial charge in [-0.2, -0.15) is 0 Å². The summed E-state index contributed by atoms with van der Waals surface area (Å²) in [5.74, 6) is 0.893. The number of aliphatic imine (C=N–C) groups is 1. The van der Waals surface area contributed by atoms with Gasteiger partial charge in [-0.1, -0.05) is 6.08 Å². The average Bonchev–Trinajstić information content (AvgIpc) is 3.06. The SMILES string of the molecule is C=CCCCN(C)C(=NCC(=O)N1CCc2sccc2C1)NCC. The number of nitrogens with one attached hydrogen (secondary N) is 1. The molecule has 1 aromatic heterocycles. The Kier molecular flexibility index (Phi) is 7.31. The maximum absolute atomic E-state index is 12.5. The molecule has 2 rings (SSSR count). The highest BCUT2D eigenvalue weighted by molar-refractivity contribution is 7.10. The van der Waals surface area contributed by atoms with E-state index in [4.69, 9.17) is 0 Å². The smallest absolute Gasteiger partial charge is 0.244 e. The Morgan fingerprint density at radius 2 is 2.42 bits per heavy atom. The van der Waals surface area contributed by atoms with E-state index in [1.54, 1.807) is 11.3 Å². The highest BCUT2D eigenvalue weighted by atomic mass is 32.1. The monoisotopic (exact) mass is 348 g/mol. The van der Waals surface area contributed by atoms with Gasteiger partial charge in [-0.15, -0.1) is 17.9 Å². The van der Waals surface area contributed by atoms with Crippen molar-refractivity contribution >= 4 is 23.2 Å². The van der Waals surface area contributed by atoms with E-state index in [1.165, 1.54) is 10.4 Å². The molecule has 0 atom stereocenters. The van der Waals surface area contributed by atoms with E-state index in [9.17, 15) is 4.79 Å². The lowest BCUT2D eigenvalue weighted by Crippen LogP contribution is -2.41. The molecule has 0 aromatic carbocycles. The van der Waals surface area contributed by atoms with Gasteiger partial charge in [0.2, 0.25) is 5.91 Å². The van der Waals surface area contributed by atoms with Crippen molar-refractivity contribution in [1.29, 1.82) is 0 Å². The van der Waals surface area contributed by atoms with Gasteiger partial charge in [-0.05, 0) is 43.2 Å². The fourth-order valence-corrected chi connectivity index (χ4v) is 3.64. The van der Waals surface area contributed by atoms with Gasteiger partial charge in [-0.25, -0.2) is 4.99 Å². The van der Waals surface area contributed by atoms with E-state index in [0.29, 0.717) is 0 Å². The molecule has 1 aromatic rings. The number of guanidine groups is 1. The number of unbranched alkanes of at least 4 members (excludes halogenated alkanes) is 1. The normalized spacial score (nSPS) is 14.2. The molecule has 1 aliphatic heterocycles. The number of nitrogens with zero attached hydrogens (tertiary/aromatic N) is 3. The first-order chi connectivity index (χ1) is 11.7. The maximum atomic E-state index is 12.5. The number of rotatable bonds is 7. The van der Waals surface area contributed by atoms with E-state index in [0.717, 1.165) is 51.4 Å². The highest BCUT2D eigenvalue weighted by Gasteiger charge is 2.21. The number of hydrogen-bond donors (Lipinski definition) is 1. The summed E-state index contributed by atoms with van der Waals surface area (Å²) >= 11 is 1.79. The lowest BCUT2D eigenvalue weighted by molar-refractivity contribution is -0.130. The molecule has 0 bridgehead atoms. The van der Waals surface area contributed by atoms with Crippen LogP contribution in [0.25, 0.3) is 0 Å². The van der Waals surface area contributed by atoms with Crippen molar-refractivity contribution in [3.8, 4) is 0 Å². The van der Waals surface area contributed by atoms with E-state index in [2.05, 4.69) is 33.2 Å². The molecular weight excluding hydrogens is 320 g/mol. The highest BCUT2D eigenvalue weighted by Crippen LogP contribution is 2.23. The molecule has 0 unspecified atom stereocenters. The van der Waals surface area contributed by atoms with Gasteiger partial charge in [0, 0.05) is 38.1 Å². The second-order valence-corrected chi connectivity index (χ2v) is 6.96. The summed E-state index contributed by atoms with van der Waals surface area (Å²) in [6, 6.07) is 2.13. The second kappa shape index (κ2) is 9.47. The van der Waals surface area contributed by atoms with Crippen LogP contribution in [0.4, 0.5) is 0 Å². The van der Waals surface area contributed by atoms with Crippen LogP contribution < -0.4 is 5.32 Å². The largest absolute Gasteiger partial charge is 0.357 e. The molecule has 0 saturated heterocycles. The lowest BCUT2D eigenvalue weighted by Gasteiger charge is -2.27. The maximum Gasteiger partial charge on any atom is 0.244 e. The van der Waals surface area contributed by atoms with Crippen LogP contribution in [0.1, 0.15) is 30.2 Å². The molecule has 132 valence electrons. The molecule has 0 radical (unpaired) electrons. The van der Waals surface area contributed by atoms with Gasteiger partial charge in [-0.3, -0.25) is 4.79 Å². The summed E-state index contributed by atoms with van der Waals surface area (Å²) in [4.78, 5) is 22.4. The third-order valence-electron chi connectivity index (χ3n) is 4.12. The van der Waals surface area contributed by atoms with Gasteiger partial charge in [0.25, 0.3) is 0 Å². The van der Waals surface area contributed by atoms with Gasteiger partial charge >= 0.3 is 0 Å². The fourth-order valence-electron chi connectivity index (χ4n) is 2.75. The molecule has 5 nitrogen and oxygen atoms in total. The predicted octanol–water partition coefficient (Wildman–Crippen LogP) is 2.50. The summed E-state index contributed by atoms with van der Waals surface area (Å²) in [6.45, 7) is 9.20. The molecule has 0 fully saturated rings. The Morgan fingerprint density at radius 1 is 1.58 bits per heavy atom. The van der Waals surface area contributed by atoms with Crippen LogP contribution >= 0.6 is 11.3 Å². The summed E-state index contributed by atoms with van der Waals surface area (Å²) in [6.07, 6.45) is 4.91. The number of carbonyl (C=O) groups is 1. The summed E-state index contributed by atoms with van der Waals surface area (Å²) in [5, 5.41) is 5.37. The van der Waals surface area contributed by atoms with Crippen molar-refractivity contribution in [1.82, 2.24) is 15.1 Å². The van der Waals surface area contributed by atoms with E-state index >= 15 is 0 Å². The average molecular weight is 349 g/mol. The fraction of sp³-hybridized carbons (Fsp3) is 0.556. The summed E-state index contributed by atoms with van der Waals surface area (Å²) in [7, 11) is 2.01. The number of allylic oxidation sites excluding steroid dienone is 1. The van der Waals surface area contributed by atoms with E-state index in [-0.39, 0.29) is 12.5 Å². The quantitative estimate of drug-likeness (QED) is 0.356. The zero-order valence-electron chi connectivity index (χ0n) is 14.8. The van der Waals surface area contributed by atoms with Gasteiger partial charge in [0.15, 0.2) is 5.96 Å². The first-order valence-corrected chi connectivity index (χ1v) is 9.47. The minimum Gasteiger partial charge on any atom is -0.357 e. The molecule has 0 spiro atoms. The lowest BCUT2D eigenvalue weighted by atomic mass is 10.1. The molecule has 0 saturated carbocycles. The zero-order chi connectivity index (χ0) is 17.4. The van der Waals surface area contributed by atoms with Crippen LogP contribution in [-0.2, 0) is 17.8 Å². The van der Waals surface area contributed by atoms with Crippen LogP contribution in [0.2, 0.25) is 0 Å². The molecule has 0 aliphatic carbocycles. The molecule has 2 heterocycles. The van der Waals surface area contributed by atoms with Crippen LogP contribution in [-0.4, -0.2) is 54.9 Å². The zero-order valence-corrected chi connectivity index (χ0v) is 15.6. The number of hydrogen-bond acceptors (Lipinski definition) is 3. The summed E-state index contributed by atoms with van der Waals surface area (Å²) in [5.41, 5.74) is 1.29. The third-order valence-corrected chi connectivity index (χ3v) is 5.15. The van der Waals surface area contributed by atoms with Crippen molar-refractivity contribution in [3.05, 3.63) is 34.5 Å². The minimum absolute atomic E-state index is 0.0988. The predicted molar refractivity (Wildman–Crippen MR) is 101 cm³/mol. The number of amides is 1. The molecule has 1 N–H and O–H groups in total. The second-order valence-electron chi connectivity index (χ2n) is 5.96. The minimum atomic E-state index is 0.0988. The standard InChI is InChI=1S/C18H28N4OS/c1-4-6-7-10-21(3)18(19-5-2)20-13-17(23)22-11-8-16-15(14-22)9-12-24-16/h4,9,12H,1,5-8,10-11,13-14H2,2-3H3,(H,19,20). The van der Waals surface area contributed by atoms with Crippen molar-refractivity contribution in [2.45, 2.75) is 32.7 Å². The van der Waals surface area contributed by atoms with Crippen molar-refractivity contribution in [3.63, 3.8) is 0 Å². The molecule has 1 amide bonds. The van der Waals surface area contributed by atoms with Crippen molar-refractivity contribution in [2.24, 2.45) is 4.99 Å². The number of carbonyl (C=O) groups excluding carboxylic acids is 1. The van der Waals surface area contributed by atoms with Gasteiger partial charge < -0.3 is 15.1 Å². The Balaban J connectivity index is 1.90. The number of thiophene rings is 1. The Morgan fingerprint density at radius 3 is 3.17 bits per heavy atom. The van der Waals surface area contributed by atoms with Crippen molar-refractivity contribution < 1.29 is 4.79 Å². The van der Waals surface area contributed by atoms with Crippen LogP contribution in [0.3, 0.4) is 0 Å². The Bertz CT molecular complexity index is 581. The Labute approximate surface area is 149 Å². The number of fused-ring (bicyclic) bond motifs is 1. The first kappa shape index (κ1) is 18.5. The molecule has 24 heavy (non-hydrogen) atoms. The molecule has 1 aliphatic rings. The van der Waals surface area contributed by atoms with E-state index < -0.39 is 0 Å². The molecular formula is C18H28N4OS. The first-order valence-electron chi connectivity index (χ1n) is 8.59.